The molecular formula is C14H25NO3. The van der Waals surface area contributed by atoms with E-state index in [2.05, 4.69) is 12.2 Å². The van der Waals surface area contributed by atoms with Gasteiger partial charge in [-0.15, -0.1) is 0 Å². The van der Waals surface area contributed by atoms with Gasteiger partial charge in [0.1, 0.15) is 5.92 Å². The fraction of sp³-hybridized carbons (Fsp3) is 0.857. The zero-order chi connectivity index (χ0) is 13.9. The second-order valence-electron chi connectivity index (χ2n) is 6.55. The van der Waals surface area contributed by atoms with Crippen LogP contribution in [0.25, 0.3) is 0 Å². The first kappa shape index (κ1) is 15.0. The molecule has 3 unspecified atom stereocenters. The number of hydrogen-bond acceptors (Lipinski definition) is 2. The number of aliphatic carboxylic acids is 1. The Kier molecular flexibility index (Phi) is 4.77. The Balaban J connectivity index is 2.55. The van der Waals surface area contributed by atoms with Gasteiger partial charge in [-0.1, -0.05) is 40.5 Å². The summed E-state index contributed by atoms with van der Waals surface area (Å²) in [5.41, 5.74) is -0.558. The van der Waals surface area contributed by atoms with Gasteiger partial charge in [-0.25, -0.2) is 0 Å². The van der Waals surface area contributed by atoms with E-state index in [0.717, 1.165) is 6.42 Å². The van der Waals surface area contributed by atoms with Gasteiger partial charge < -0.3 is 10.4 Å². The quantitative estimate of drug-likeness (QED) is 0.757. The van der Waals surface area contributed by atoms with Gasteiger partial charge >= 0.3 is 5.97 Å². The molecule has 0 saturated heterocycles. The predicted octanol–water partition coefficient (Wildman–Crippen LogP) is 2.29. The Hall–Kier alpha value is -1.06. The molecule has 0 radical (unpaired) electrons. The molecule has 2 N–H and O–H groups in total. The van der Waals surface area contributed by atoms with Crippen LogP contribution in [0.5, 0.6) is 0 Å². The van der Waals surface area contributed by atoms with Crippen molar-refractivity contribution in [2.45, 2.75) is 47.0 Å². The van der Waals surface area contributed by atoms with Crippen LogP contribution in [-0.4, -0.2) is 23.5 Å². The number of carboxylic acid groups (broad SMARTS) is 1. The summed E-state index contributed by atoms with van der Waals surface area (Å²) in [4.78, 5) is 23.2. The molecule has 4 heteroatoms. The average molecular weight is 255 g/mol. The van der Waals surface area contributed by atoms with Crippen molar-refractivity contribution in [3.63, 3.8) is 0 Å². The molecule has 104 valence electrons. The molecule has 1 amide bonds. The number of nitrogens with one attached hydrogen (secondary N) is 1. The molecule has 1 fully saturated rings. The summed E-state index contributed by atoms with van der Waals surface area (Å²) >= 11 is 0. The highest BCUT2D eigenvalue weighted by atomic mass is 16.4. The topological polar surface area (TPSA) is 66.4 Å². The van der Waals surface area contributed by atoms with Crippen LogP contribution in [0.3, 0.4) is 0 Å². The summed E-state index contributed by atoms with van der Waals surface area (Å²) in [5.74, 6) is -1.24. The maximum atomic E-state index is 12.0. The SMILES string of the molecule is CC1CCCC1CNC(=O)C(C(=O)O)C(C)(C)C. The van der Waals surface area contributed by atoms with Gasteiger partial charge in [-0.3, -0.25) is 9.59 Å². The van der Waals surface area contributed by atoms with E-state index in [-0.39, 0.29) is 5.91 Å². The molecule has 1 aliphatic rings. The molecule has 1 saturated carbocycles. The van der Waals surface area contributed by atoms with Crippen LogP contribution in [0.4, 0.5) is 0 Å². The number of carbonyl (C=O) groups is 2. The Morgan fingerprint density at radius 2 is 1.94 bits per heavy atom. The normalized spacial score (nSPS) is 25.8. The van der Waals surface area contributed by atoms with Gasteiger partial charge in [-0.05, 0) is 23.7 Å². The summed E-state index contributed by atoms with van der Waals surface area (Å²) in [6.07, 6.45) is 3.56. The first-order valence-corrected chi connectivity index (χ1v) is 6.74. The van der Waals surface area contributed by atoms with Crippen LogP contribution in [0.1, 0.15) is 47.0 Å². The van der Waals surface area contributed by atoms with Crippen molar-refractivity contribution in [3.8, 4) is 0 Å². The predicted molar refractivity (Wildman–Crippen MR) is 70.1 cm³/mol. The lowest BCUT2D eigenvalue weighted by Gasteiger charge is -2.27. The van der Waals surface area contributed by atoms with E-state index in [4.69, 9.17) is 5.11 Å². The number of rotatable bonds is 4. The van der Waals surface area contributed by atoms with E-state index in [9.17, 15) is 9.59 Å². The zero-order valence-corrected chi connectivity index (χ0v) is 11.8. The van der Waals surface area contributed by atoms with E-state index in [1.54, 1.807) is 20.8 Å². The first-order chi connectivity index (χ1) is 8.23. The van der Waals surface area contributed by atoms with Crippen LogP contribution >= 0.6 is 0 Å². The van der Waals surface area contributed by atoms with E-state index in [1.165, 1.54) is 12.8 Å². The lowest BCUT2D eigenvalue weighted by atomic mass is 9.80. The molecule has 18 heavy (non-hydrogen) atoms. The van der Waals surface area contributed by atoms with Crippen molar-refractivity contribution in [2.75, 3.05) is 6.54 Å². The number of carbonyl (C=O) groups excluding carboxylic acids is 1. The van der Waals surface area contributed by atoms with Crippen molar-refractivity contribution in [1.82, 2.24) is 5.32 Å². The third-order valence-electron chi connectivity index (χ3n) is 3.95. The third-order valence-corrected chi connectivity index (χ3v) is 3.95. The van der Waals surface area contributed by atoms with Crippen molar-refractivity contribution < 1.29 is 14.7 Å². The number of hydrogen-bond donors (Lipinski definition) is 2. The standard InChI is InChI=1S/C14H25NO3/c1-9-6-5-7-10(9)8-15-12(16)11(13(17)18)14(2,3)4/h9-11H,5-8H2,1-4H3,(H,15,16)(H,17,18). The molecular weight excluding hydrogens is 230 g/mol. The Morgan fingerprint density at radius 3 is 2.33 bits per heavy atom. The smallest absolute Gasteiger partial charge is 0.316 e. The number of carboxylic acids is 1. The van der Waals surface area contributed by atoms with Gasteiger partial charge in [0.2, 0.25) is 5.91 Å². The molecule has 0 aromatic carbocycles. The van der Waals surface area contributed by atoms with Crippen molar-refractivity contribution in [1.29, 1.82) is 0 Å². The molecule has 0 aromatic rings. The second kappa shape index (κ2) is 5.72. The van der Waals surface area contributed by atoms with E-state index < -0.39 is 17.3 Å². The molecule has 0 spiro atoms. The Bertz CT molecular complexity index is 319. The Morgan fingerprint density at radius 1 is 1.33 bits per heavy atom. The maximum absolute atomic E-state index is 12.0. The molecule has 4 nitrogen and oxygen atoms in total. The highest BCUT2D eigenvalue weighted by Gasteiger charge is 2.38. The Labute approximate surface area is 109 Å². The minimum atomic E-state index is -1.04. The number of amides is 1. The summed E-state index contributed by atoms with van der Waals surface area (Å²) in [7, 11) is 0. The highest BCUT2D eigenvalue weighted by Crippen LogP contribution is 2.31. The van der Waals surface area contributed by atoms with Crippen molar-refractivity contribution in [2.24, 2.45) is 23.2 Å². The first-order valence-electron chi connectivity index (χ1n) is 6.74. The monoisotopic (exact) mass is 255 g/mol. The summed E-state index contributed by atoms with van der Waals surface area (Å²) in [6.45, 7) is 8.15. The lowest BCUT2D eigenvalue weighted by molar-refractivity contribution is -0.151. The molecule has 1 rings (SSSR count). The summed E-state index contributed by atoms with van der Waals surface area (Å²) < 4.78 is 0. The zero-order valence-electron chi connectivity index (χ0n) is 11.8. The minimum Gasteiger partial charge on any atom is -0.481 e. The van der Waals surface area contributed by atoms with E-state index in [0.29, 0.717) is 18.4 Å². The summed E-state index contributed by atoms with van der Waals surface area (Å²) in [5, 5.41) is 12.0. The van der Waals surface area contributed by atoms with Crippen LogP contribution < -0.4 is 5.32 Å². The van der Waals surface area contributed by atoms with Crippen molar-refractivity contribution in [3.05, 3.63) is 0 Å². The second-order valence-corrected chi connectivity index (χ2v) is 6.55. The molecule has 3 atom stereocenters. The fourth-order valence-corrected chi connectivity index (χ4v) is 2.74. The maximum Gasteiger partial charge on any atom is 0.316 e. The van der Waals surface area contributed by atoms with Gasteiger partial charge in [-0.2, -0.15) is 0 Å². The van der Waals surface area contributed by atoms with Crippen molar-refractivity contribution >= 4 is 11.9 Å². The van der Waals surface area contributed by atoms with Gasteiger partial charge in [0, 0.05) is 6.54 Å². The molecule has 1 aliphatic carbocycles. The van der Waals surface area contributed by atoms with Crippen LogP contribution in [-0.2, 0) is 9.59 Å². The van der Waals surface area contributed by atoms with Crippen LogP contribution in [0.2, 0.25) is 0 Å². The van der Waals surface area contributed by atoms with Gasteiger partial charge in [0.25, 0.3) is 0 Å². The molecule has 0 bridgehead atoms. The van der Waals surface area contributed by atoms with E-state index in [1.807, 2.05) is 0 Å². The molecule has 0 aromatic heterocycles. The third kappa shape index (κ3) is 3.72. The largest absolute Gasteiger partial charge is 0.481 e. The average Bonchev–Trinajstić information content (AvgIpc) is 2.58. The fourth-order valence-electron chi connectivity index (χ4n) is 2.74. The molecule has 0 aliphatic heterocycles. The highest BCUT2D eigenvalue weighted by molar-refractivity contribution is 5.97. The van der Waals surface area contributed by atoms with Crippen LogP contribution in [0, 0.1) is 23.2 Å². The van der Waals surface area contributed by atoms with Crippen LogP contribution in [0.15, 0.2) is 0 Å². The minimum absolute atomic E-state index is 0.353. The summed E-state index contributed by atoms with van der Waals surface area (Å²) in [6, 6.07) is 0. The molecule has 0 heterocycles. The van der Waals surface area contributed by atoms with Gasteiger partial charge in [0.15, 0.2) is 0 Å². The van der Waals surface area contributed by atoms with Gasteiger partial charge in [0.05, 0.1) is 0 Å². The van der Waals surface area contributed by atoms with E-state index >= 15 is 0 Å². The lowest BCUT2D eigenvalue weighted by Crippen LogP contribution is -2.44.